The van der Waals surface area contributed by atoms with Gasteiger partial charge in [0.25, 0.3) is 0 Å². The number of hydrogen-bond donors (Lipinski definition) is 0. The van der Waals surface area contributed by atoms with E-state index in [-0.39, 0.29) is 5.82 Å². The Bertz CT molecular complexity index is 177. The number of hydrogen-bond acceptors (Lipinski definition) is 3. The third-order valence-electron chi connectivity index (χ3n) is 0.856. The molecule has 0 atom stereocenters. The van der Waals surface area contributed by atoms with E-state index in [1.54, 1.807) is 0 Å². The Labute approximate surface area is 51.9 Å². The van der Waals surface area contributed by atoms with Gasteiger partial charge >= 0.3 is 6.39 Å². The molecule has 0 N–H and O–H groups in total. The molecule has 49 valence electrons. The first-order valence-corrected chi connectivity index (χ1v) is 2.50. The number of alkyl halides is 1. The molecule has 9 heavy (non-hydrogen) atoms. The normalized spacial score (nSPS) is 11.9. The van der Waals surface area contributed by atoms with Gasteiger partial charge < -0.3 is 4.52 Å². The van der Waals surface area contributed by atoms with Gasteiger partial charge in [-0.15, -0.1) is 0 Å². The summed E-state index contributed by atoms with van der Waals surface area (Å²) in [7, 11) is 0. The van der Waals surface area contributed by atoms with E-state index >= 15 is 0 Å². The molecule has 0 aliphatic carbocycles. The van der Waals surface area contributed by atoms with Gasteiger partial charge in [0.1, 0.15) is 0 Å². The summed E-state index contributed by atoms with van der Waals surface area (Å²) in [4.78, 5) is 3.41. The van der Waals surface area contributed by atoms with Crippen LogP contribution in [0.4, 0.5) is 4.39 Å². The lowest BCUT2D eigenvalue weighted by atomic mass is 10.2. The van der Waals surface area contributed by atoms with E-state index in [1.165, 1.54) is 13.8 Å². The predicted molar refractivity (Wildman–Crippen MR) is 27.3 cm³/mol. The second kappa shape index (κ2) is 1.79. The van der Waals surface area contributed by atoms with Gasteiger partial charge in [0.2, 0.25) is 5.82 Å². The van der Waals surface area contributed by atoms with Gasteiger partial charge in [-0.05, 0) is 13.8 Å². The summed E-state index contributed by atoms with van der Waals surface area (Å²) in [6.45, 7) is 2.71. The van der Waals surface area contributed by atoms with E-state index < -0.39 is 5.67 Å². The van der Waals surface area contributed by atoms with Crippen LogP contribution in [-0.2, 0) is 5.67 Å². The van der Waals surface area contributed by atoms with Gasteiger partial charge in [0, 0.05) is 0 Å². The largest absolute Gasteiger partial charge is 0.328 e. The third-order valence-corrected chi connectivity index (χ3v) is 0.856. The second-order valence-electron chi connectivity index (χ2n) is 2.18. The smallest absolute Gasteiger partial charge is 0.316 e. The fourth-order valence-corrected chi connectivity index (χ4v) is 0.389. The molecule has 1 rings (SSSR count). The summed E-state index contributed by atoms with van der Waals surface area (Å²) in [5, 5.41) is 3.27. The fourth-order valence-electron chi connectivity index (χ4n) is 0.389. The summed E-state index contributed by atoms with van der Waals surface area (Å²) in [6, 6.07) is 0. The van der Waals surface area contributed by atoms with Crippen molar-refractivity contribution < 1.29 is 8.91 Å². The van der Waals surface area contributed by atoms with Crippen LogP contribution in [0, 0.1) is 6.39 Å². The lowest BCUT2D eigenvalue weighted by Gasteiger charge is -2.05. The quantitative estimate of drug-likeness (QED) is 0.569. The minimum absolute atomic E-state index is 0.0301. The van der Waals surface area contributed by atoms with Crippen LogP contribution in [0.2, 0.25) is 0 Å². The summed E-state index contributed by atoms with van der Waals surface area (Å²) < 4.78 is 17.0. The Morgan fingerprint density at radius 3 is 2.56 bits per heavy atom. The third kappa shape index (κ3) is 1.25. The van der Waals surface area contributed by atoms with Crippen LogP contribution in [0.1, 0.15) is 19.7 Å². The van der Waals surface area contributed by atoms with Gasteiger partial charge in [0.15, 0.2) is 5.67 Å². The number of nitrogens with zero attached hydrogens (tertiary/aromatic N) is 2. The molecule has 0 unspecified atom stereocenters. The molecule has 4 heteroatoms. The van der Waals surface area contributed by atoms with Gasteiger partial charge in [-0.1, -0.05) is 5.16 Å². The Kier molecular flexibility index (Phi) is 1.23. The monoisotopic (exact) mass is 129 g/mol. The van der Waals surface area contributed by atoms with Gasteiger partial charge in [0.05, 0.1) is 0 Å². The summed E-state index contributed by atoms with van der Waals surface area (Å²) in [5.41, 5.74) is -1.52. The molecule has 0 spiro atoms. The van der Waals surface area contributed by atoms with E-state index in [0.29, 0.717) is 0 Å². The molecule has 0 saturated carbocycles. The first-order valence-electron chi connectivity index (χ1n) is 2.50. The van der Waals surface area contributed by atoms with E-state index in [2.05, 4.69) is 21.1 Å². The highest BCUT2D eigenvalue weighted by atomic mass is 19.1. The molecule has 1 aromatic rings. The maximum atomic E-state index is 12.7. The number of rotatable bonds is 1. The minimum atomic E-state index is -1.52. The summed E-state index contributed by atoms with van der Waals surface area (Å²) >= 11 is 0. The van der Waals surface area contributed by atoms with Crippen LogP contribution in [0.3, 0.4) is 0 Å². The molecule has 3 nitrogen and oxygen atoms in total. The zero-order valence-corrected chi connectivity index (χ0v) is 5.18. The molecule has 1 heterocycles. The van der Waals surface area contributed by atoms with Crippen molar-refractivity contribution in [2.24, 2.45) is 0 Å². The molecule has 0 fully saturated rings. The van der Waals surface area contributed by atoms with Crippen molar-refractivity contribution in [1.82, 2.24) is 10.1 Å². The Morgan fingerprint density at radius 1 is 1.67 bits per heavy atom. The maximum absolute atomic E-state index is 12.7. The predicted octanol–water partition coefficient (Wildman–Crippen LogP) is 1.07. The highest BCUT2D eigenvalue weighted by Gasteiger charge is 2.23. The van der Waals surface area contributed by atoms with E-state index in [4.69, 9.17) is 0 Å². The molecule has 1 radical (unpaired) electrons. The Morgan fingerprint density at radius 2 is 2.33 bits per heavy atom. The minimum Gasteiger partial charge on any atom is -0.328 e. The van der Waals surface area contributed by atoms with Crippen LogP contribution < -0.4 is 0 Å². The van der Waals surface area contributed by atoms with Crippen molar-refractivity contribution in [2.75, 3.05) is 0 Å². The van der Waals surface area contributed by atoms with E-state index in [1.807, 2.05) is 0 Å². The van der Waals surface area contributed by atoms with Crippen molar-refractivity contribution in [3.63, 3.8) is 0 Å². The van der Waals surface area contributed by atoms with Gasteiger partial charge in [-0.25, -0.2) is 4.39 Å². The topological polar surface area (TPSA) is 38.9 Å². The number of halogens is 1. The van der Waals surface area contributed by atoms with Crippen molar-refractivity contribution in [1.29, 1.82) is 0 Å². The molecule has 0 aromatic carbocycles. The van der Waals surface area contributed by atoms with Crippen molar-refractivity contribution in [2.45, 2.75) is 19.5 Å². The molecular formula is C5H6FN2O. The van der Waals surface area contributed by atoms with Crippen LogP contribution in [0.5, 0.6) is 0 Å². The van der Waals surface area contributed by atoms with E-state index in [9.17, 15) is 4.39 Å². The molecular weight excluding hydrogens is 123 g/mol. The zero-order valence-electron chi connectivity index (χ0n) is 5.18. The lowest BCUT2D eigenvalue weighted by Crippen LogP contribution is -2.10. The molecule has 0 aliphatic rings. The molecule has 1 aromatic heterocycles. The van der Waals surface area contributed by atoms with Crippen molar-refractivity contribution in [3.05, 3.63) is 12.2 Å². The fraction of sp³-hybridized carbons (Fsp3) is 0.600. The Hall–Kier alpha value is -0.930. The van der Waals surface area contributed by atoms with Crippen molar-refractivity contribution >= 4 is 0 Å². The summed E-state index contributed by atoms with van der Waals surface area (Å²) in [6.07, 6.45) is 2.06. The van der Waals surface area contributed by atoms with Crippen LogP contribution in [0.15, 0.2) is 4.52 Å². The maximum Gasteiger partial charge on any atom is 0.316 e. The van der Waals surface area contributed by atoms with Gasteiger partial charge in [-0.3, -0.25) is 0 Å². The SMILES string of the molecule is CC(C)(F)c1n[c]on1. The summed E-state index contributed by atoms with van der Waals surface area (Å²) in [5.74, 6) is 0.0301. The second-order valence-corrected chi connectivity index (χ2v) is 2.18. The van der Waals surface area contributed by atoms with Crippen molar-refractivity contribution in [3.8, 4) is 0 Å². The van der Waals surface area contributed by atoms with Crippen LogP contribution in [0.25, 0.3) is 0 Å². The highest BCUT2D eigenvalue weighted by molar-refractivity contribution is 4.91. The molecule has 0 saturated heterocycles. The van der Waals surface area contributed by atoms with Crippen LogP contribution >= 0.6 is 0 Å². The van der Waals surface area contributed by atoms with Crippen LogP contribution in [-0.4, -0.2) is 10.1 Å². The first-order chi connectivity index (χ1) is 4.11. The first kappa shape index (κ1) is 6.19. The standard InChI is InChI=1S/C5H6FN2O/c1-5(2,6)4-7-3-9-8-4/h1-2H3. The number of aromatic nitrogens is 2. The lowest BCUT2D eigenvalue weighted by molar-refractivity contribution is 0.199. The molecule has 0 aliphatic heterocycles. The molecule has 0 amide bonds. The highest BCUT2D eigenvalue weighted by Crippen LogP contribution is 2.19. The molecule has 0 bridgehead atoms. The Balaban J connectivity index is 2.90. The zero-order chi connectivity index (χ0) is 6.91. The average molecular weight is 129 g/mol. The average Bonchev–Trinajstić information content (AvgIpc) is 2.08. The van der Waals surface area contributed by atoms with E-state index in [0.717, 1.165) is 0 Å². The van der Waals surface area contributed by atoms with Gasteiger partial charge in [-0.2, -0.15) is 4.98 Å².